The molecular formula is C23H25N3O4. The lowest BCUT2D eigenvalue weighted by molar-refractivity contribution is -0.118. The molecular weight excluding hydrogens is 382 g/mol. The van der Waals surface area contributed by atoms with Crippen LogP contribution in [0.4, 0.5) is 5.82 Å². The summed E-state index contributed by atoms with van der Waals surface area (Å²) >= 11 is 0. The van der Waals surface area contributed by atoms with Crippen molar-refractivity contribution in [3.63, 3.8) is 0 Å². The average Bonchev–Trinajstić information content (AvgIpc) is 3.14. The number of carbonyl (C=O) groups excluding carboxylic acids is 2. The molecule has 7 heteroatoms. The zero-order chi connectivity index (χ0) is 21.7. The smallest absolute Gasteiger partial charge is 0.343 e. The van der Waals surface area contributed by atoms with Crippen LogP contribution in [0, 0.1) is 20.8 Å². The second-order valence-electron chi connectivity index (χ2n) is 6.92. The van der Waals surface area contributed by atoms with Gasteiger partial charge in [-0.2, -0.15) is 5.10 Å². The summed E-state index contributed by atoms with van der Waals surface area (Å²) in [4.78, 5) is 25.0. The molecule has 0 aliphatic heterocycles. The van der Waals surface area contributed by atoms with Crippen LogP contribution in [-0.2, 0) is 9.53 Å². The Morgan fingerprint density at radius 3 is 2.53 bits per heavy atom. The third-order valence-electron chi connectivity index (χ3n) is 4.65. The van der Waals surface area contributed by atoms with Gasteiger partial charge in [0.15, 0.2) is 12.4 Å². The third kappa shape index (κ3) is 4.68. The first-order valence-electron chi connectivity index (χ1n) is 9.71. The molecule has 1 N–H and O–H groups in total. The number of para-hydroxylation sites is 1. The fourth-order valence-corrected chi connectivity index (χ4v) is 3.05. The zero-order valence-electron chi connectivity index (χ0n) is 17.6. The van der Waals surface area contributed by atoms with Gasteiger partial charge in [0.2, 0.25) is 0 Å². The van der Waals surface area contributed by atoms with Gasteiger partial charge in [0, 0.05) is 0 Å². The molecule has 0 atom stereocenters. The van der Waals surface area contributed by atoms with Crippen molar-refractivity contribution in [2.24, 2.45) is 0 Å². The van der Waals surface area contributed by atoms with E-state index >= 15 is 0 Å². The number of rotatable bonds is 7. The van der Waals surface area contributed by atoms with E-state index < -0.39 is 11.9 Å². The first kappa shape index (κ1) is 21.1. The quantitative estimate of drug-likeness (QED) is 0.599. The van der Waals surface area contributed by atoms with Crippen molar-refractivity contribution in [2.45, 2.75) is 27.7 Å². The van der Waals surface area contributed by atoms with E-state index in [4.69, 9.17) is 9.47 Å². The number of esters is 1. The maximum Gasteiger partial charge on any atom is 0.343 e. The van der Waals surface area contributed by atoms with Gasteiger partial charge in [-0.15, -0.1) is 0 Å². The van der Waals surface area contributed by atoms with Gasteiger partial charge in [-0.05, 0) is 62.6 Å². The molecule has 0 fully saturated rings. The number of ether oxygens (including phenoxy) is 2. The highest BCUT2D eigenvalue weighted by atomic mass is 16.5. The number of amides is 1. The van der Waals surface area contributed by atoms with Crippen LogP contribution in [0.5, 0.6) is 5.75 Å². The summed E-state index contributed by atoms with van der Waals surface area (Å²) in [5.41, 5.74) is 4.01. The van der Waals surface area contributed by atoms with Crippen LogP contribution >= 0.6 is 0 Å². The van der Waals surface area contributed by atoms with Gasteiger partial charge in [0.25, 0.3) is 5.91 Å². The molecule has 30 heavy (non-hydrogen) atoms. The highest BCUT2D eigenvalue weighted by molar-refractivity contribution is 6.01. The first-order chi connectivity index (χ1) is 14.4. The van der Waals surface area contributed by atoms with Gasteiger partial charge >= 0.3 is 5.97 Å². The number of hydrogen-bond acceptors (Lipinski definition) is 5. The molecule has 0 spiro atoms. The Morgan fingerprint density at radius 1 is 1.10 bits per heavy atom. The fourth-order valence-electron chi connectivity index (χ4n) is 3.05. The lowest BCUT2D eigenvalue weighted by Gasteiger charge is -2.14. The van der Waals surface area contributed by atoms with Gasteiger partial charge in [-0.25, -0.2) is 9.48 Å². The Hall–Kier alpha value is -3.61. The lowest BCUT2D eigenvalue weighted by atomic mass is 10.1. The van der Waals surface area contributed by atoms with E-state index in [1.807, 2.05) is 57.2 Å². The Bertz CT molecular complexity index is 1060. The standard InChI is InChI=1S/C23H25N3O4/c1-5-29-23(28)19-13-24-26(18-9-7-6-8-10-18)22(19)25-21(27)14-30-20-12-15(2)11-16(3)17(20)4/h6-13H,5,14H2,1-4H3,(H,25,27). The van der Waals surface area contributed by atoms with E-state index in [-0.39, 0.29) is 24.6 Å². The Labute approximate surface area is 175 Å². The van der Waals surface area contributed by atoms with E-state index in [2.05, 4.69) is 16.5 Å². The maximum atomic E-state index is 12.7. The van der Waals surface area contributed by atoms with Crippen LogP contribution in [0.25, 0.3) is 5.69 Å². The number of carbonyl (C=O) groups is 2. The van der Waals surface area contributed by atoms with Crippen LogP contribution < -0.4 is 10.1 Å². The summed E-state index contributed by atoms with van der Waals surface area (Å²) in [6.07, 6.45) is 1.38. The molecule has 3 rings (SSSR count). The van der Waals surface area contributed by atoms with E-state index in [1.165, 1.54) is 10.9 Å². The molecule has 156 valence electrons. The lowest BCUT2D eigenvalue weighted by Crippen LogP contribution is -2.23. The van der Waals surface area contributed by atoms with Crippen LogP contribution in [0.3, 0.4) is 0 Å². The van der Waals surface area contributed by atoms with Crippen molar-refractivity contribution in [2.75, 3.05) is 18.5 Å². The molecule has 1 amide bonds. The molecule has 2 aromatic carbocycles. The number of anilines is 1. The second kappa shape index (κ2) is 9.26. The topological polar surface area (TPSA) is 82.5 Å². The minimum Gasteiger partial charge on any atom is -0.483 e. The van der Waals surface area contributed by atoms with Crippen molar-refractivity contribution >= 4 is 17.7 Å². The summed E-state index contributed by atoms with van der Waals surface area (Å²) in [6, 6.07) is 13.2. The van der Waals surface area contributed by atoms with Gasteiger partial charge in [-0.3, -0.25) is 4.79 Å². The summed E-state index contributed by atoms with van der Waals surface area (Å²) in [6.45, 7) is 7.66. The molecule has 0 unspecified atom stereocenters. The molecule has 0 aliphatic rings. The number of nitrogens with zero attached hydrogens (tertiary/aromatic N) is 2. The van der Waals surface area contributed by atoms with Crippen molar-refractivity contribution in [3.8, 4) is 11.4 Å². The number of hydrogen-bond donors (Lipinski definition) is 1. The van der Waals surface area contributed by atoms with Gasteiger partial charge in [0.05, 0.1) is 18.5 Å². The average molecular weight is 407 g/mol. The first-order valence-corrected chi connectivity index (χ1v) is 9.71. The third-order valence-corrected chi connectivity index (χ3v) is 4.65. The van der Waals surface area contributed by atoms with E-state index in [0.29, 0.717) is 11.4 Å². The summed E-state index contributed by atoms with van der Waals surface area (Å²) in [5, 5.41) is 7.01. The molecule has 0 aliphatic carbocycles. The van der Waals surface area contributed by atoms with Crippen LogP contribution in [-0.4, -0.2) is 34.9 Å². The minimum atomic E-state index is -0.555. The van der Waals surface area contributed by atoms with Crippen molar-refractivity contribution in [1.29, 1.82) is 0 Å². The van der Waals surface area contributed by atoms with Crippen molar-refractivity contribution in [3.05, 3.63) is 70.9 Å². The van der Waals surface area contributed by atoms with Gasteiger partial charge in [0.1, 0.15) is 11.3 Å². The van der Waals surface area contributed by atoms with Crippen LogP contribution in [0.15, 0.2) is 48.7 Å². The van der Waals surface area contributed by atoms with Crippen molar-refractivity contribution < 1.29 is 19.1 Å². The number of benzene rings is 2. The predicted octanol–water partition coefficient (Wildman–Crippen LogP) is 3.99. The minimum absolute atomic E-state index is 0.177. The molecule has 1 aromatic heterocycles. The second-order valence-corrected chi connectivity index (χ2v) is 6.92. The molecule has 0 radical (unpaired) electrons. The van der Waals surface area contributed by atoms with Crippen LogP contribution in [0.1, 0.15) is 34.0 Å². The molecule has 0 saturated heterocycles. The molecule has 0 bridgehead atoms. The van der Waals surface area contributed by atoms with Gasteiger partial charge < -0.3 is 14.8 Å². The number of aromatic nitrogens is 2. The zero-order valence-corrected chi connectivity index (χ0v) is 17.6. The number of nitrogens with one attached hydrogen (secondary N) is 1. The largest absolute Gasteiger partial charge is 0.483 e. The monoisotopic (exact) mass is 407 g/mol. The van der Waals surface area contributed by atoms with E-state index in [0.717, 1.165) is 16.7 Å². The Kier molecular flexibility index (Phi) is 6.51. The Morgan fingerprint density at radius 2 is 1.83 bits per heavy atom. The Balaban J connectivity index is 1.83. The van der Waals surface area contributed by atoms with Crippen LogP contribution in [0.2, 0.25) is 0 Å². The summed E-state index contributed by atoms with van der Waals surface area (Å²) in [7, 11) is 0. The molecule has 7 nitrogen and oxygen atoms in total. The maximum absolute atomic E-state index is 12.7. The molecule has 0 saturated carbocycles. The molecule has 1 heterocycles. The normalized spacial score (nSPS) is 10.5. The molecule has 3 aromatic rings. The highest BCUT2D eigenvalue weighted by Crippen LogP contribution is 2.24. The SMILES string of the molecule is CCOC(=O)c1cnn(-c2ccccc2)c1NC(=O)COc1cc(C)cc(C)c1C. The summed E-state index contributed by atoms with van der Waals surface area (Å²) in [5.74, 6) is -0.0620. The predicted molar refractivity (Wildman–Crippen MR) is 114 cm³/mol. The van der Waals surface area contributed by atoms with Gasteiger partial charge in [-0.1, -0.05) is 24.3 Å². The highest BCUT2D eigenvalue weighted by Gasteiger charge is 2.21. The van der Waals surface area contributed by atoms with E-state index in [9.17, 15) is 9.59 Å². The van der Waals surface area contributed by atoms with Crippen molar-refractivity contribution in [1.82, 2.24) is 9.78 Å². The fraction of sp³-hybridized carbons (Fsp3) is 0.261. The summed E-state index contributed by atoms with van der Waals surface area (Å²) < 4.78 is 12.3. The number of aryl methyl sites for hydroxylation is 2. The van der Waals surface area contributed by atoms with E-state index in [1.54, 1.807) is 6.92 Å².